The number of fused-ring (bicyclic) bond motifs is 1. The van der Waals surface area contributed by atoms with Gasteiger partial charge >= 0.3 is 0 Å². The topological polar surface area (TPSA) is 34.1 Å². The second kappa shape index (κ2) is 5.37. The fraction of sp³-hybridized carbons (Fsp3) is 0.533. The summed E-state index contributed by atoms with van der Waals surface area (Å²) < 4.78 is 6.64. The van der Waals surface area contributed by atoms with E-state index in [4.69, 9.17) is 9.72 Å². The zero-order chi connectivity index (χ0) is 13.2. The van der Waals surface area contributed by atoms with Gasteiger partial charge < -0.3 is 10.1 Å². The average Bonchev–Trinajstić information content (AvgIpc) is 2.85. The Morgan fingerprint density at radius 1 is 1.26 bits per heavy atom. The van der Waals surface area contributed by atoms with Crippen LogP contribution in [-0.2, 0) is 0 Å². The highest BCUT2D eigenvalue weighted by Crippen LogP contribution is 2.35. The van der Waals surface area contributed by atoms with Gasteiger partial charge in [0, 0.05) is 6.04 Å². The van der Waals surface area contributed by atoms with Crippen molar-refractivity contribution in [3.8, 4) is 5.75 Å². The number of hydrogen-bond donors (Lipinski definition) is 1. The lowest BCUT2D eigenvalue weighted by Gasteiger charge is -2.22. The monoisotopic (exact) mass is 276 g/mol. The van der Waals surface area contributed by atoms with Gasteiger partial charge in [-0.15, -0.1) is 0 Å². The predicted octanol–water partition coefficient (Wildman–Crippen LogP) is 4.36. The number of rotatable bonds is 3. The van der Waals surface area contributed by atoms with Crippen LogP contribution < -0.4 is 10.1 Å². The lowest BCUT2D eigenvalue weighted by atomic mass is 9.96. The van der Waals surface area contributed by atoms with Gasteiger partial charge in [-0.05, 0) is 31.4 Å². The summed E-state index contributed by atoms with van der Waals surface area (Å²) in [5, 5.41) is 4.64. The van der Waals surface area contributed by atoms with Crippen molar-refractivity contribution >= 4 is 26.7 Å². The Kier molecular flexibility index (Phi) is 3.60. The maximum atomic E-state index is 5.40. The molecule has 102 valence electrons. The Balaban J connectivity index is 1.90. The molecule has 1 aromatic heterocycles. The summed E-state index contributed by atoms with van der Waals surface area (Å²) >= 11 is 1.74. The van der Waals surface area contributed by atoms with E-state index in [-0.39, 0.29) is 0 Å². The first kappa shape index (κ1) is 12.7. The van der Waals surface area contributed by atoms with Crippen molar-refractivity contribution in [2.24, 2.45) is 0 Å². The van der Waals surface area contributed by atoms with Crippen LogP contribution in [0.3, 0.4) is 0 Å². The number of ether oxygens (including phenoxy) is 1. The molecule has 0 atom stereocenters. The van der Waals surface area contributed by atoms with Crippen LogP contribution >= 0.6 is 11.3 Å². The highest BCUT2D eigenvalue weighted by atomic mass is 32.1. The maximum absolute atomic E-state index is 5.40. The number of nitrogens with zero attached hydrogens (tertiary/aromatic N) is 1. The molecule has 1 aliphatic rings. The van der Waals surface area contributed by atoms with Gasteiger partial charge in [0.2, 0.25) is 0 Å². The van der Waals surface area contributed by atoms with E-state index in [9.17, 15) is 0 Å². The first-order valence-electron chi connectivity index (χ1n) is 6.98. The Bertz CT molecular complexity index is 573. The molecule has 1 N–H and O–H groups in total. The summed E-state index contributed by atoms with van der Waals surface area (Å²) in [5.41, 5.74) is 2.26. The van der Waals surface area contributed by atoms with Crippen LogP contribution in [0.15, 0.2) is 12.1 Å². The van der Waals surface area contributed by atoms with Crippen molar-refractivity contribution in [3.05, 3.63) is 17.7 Å². The number of nitrogens with one attached hydrogen (secondary N) is 1. The summed E-state index contributed by atoms with van der Waals surface area (Å²) in [7, 11) is 1.71. The van der Waals surface area contributed by atoms with Crippen LogP contribution in [0.2, 0.25) is 0 Å². The van der Waals surface area contributed by atoms with Gasteiger partial charge in [0.05, 0.1) is 11.8 Å². The highest BCUT2D eigenvalue weighted by Gasteiger charge is 2.16. The quantitative estimate of drug-likeness (QED) is 0.904. The standard InChI is InChI=1S/C15H20N2OS/c1-10-8-9-12(18-2)13-14(10)19-15(17-13)16-11-6-4-3-5-7-11/h8-9,11H,3-7H2,1-2H3,(H,16,17). The van der Waals surface area contributed by atoms with E-state index in [0.717, 1.165) is 16.4 Å². The summed E-state index contributed by atoms with van der Waals surface area (Å²) in [6.45, 7) is 2.13. The summed E-state index contributed by atoms with van der Waals surface area (Å²) in [6, 6.07) is 4.70. The van der Waals surface area contributed by atoms with Crippen molar-refractivity contribution in [2.45, 2.75) is 45.1 Å². The van der Waals surface area contributed by atoms with Crippen LogP contribution in [0.1, 0.15) is 37.7 Å². The van der Waals surface area contributed by atoms with Crippen LogP contribution in [0.25, 0.3) is 10.2 Å². The van der Waals surface area contributed by atoms with Gasteiger partial charge in [-0.1, -0.05) is 36.7 Å². The molecular weight excluding hydrogens is 256 g/mol. The lowest BCUT2D eigenvalue weighted by Crippen LogP contribution is -2.21. The van der Waals surface area contributed by atoms with Gasteiger partial charge in [0.25, 0.3) is 0 Å². The second-order valence-electron chi connectivity index (χ2n) is 5.26. The maximum Gasteiger partial charge on any atom is 0.184 e. The molecular formula is C15H20N2OS. The number of anilines is 1. The molecule has 0 unspecified atom stereocenters. The second-order valence-corrected chi connectivity index (χ2v) is 6.26. The molecule has 3 rings (SSSR count). The number of thiazole rings is 1. The first-order chi connectivity index (χ1) is 9.28. The Hall–Kier alpha value is -1.29. The fourth-order valence-corrected chi connectivity index (χ4v) is 3.79. The molecule has 0 spiro atoms. The van der Waals surface area contributed by atoms with E-state index < -0.39 is 0 Å². The third kappa shape index (κ3) is 2.54. The molecule has 3 nitrogen and oxygen atoms in total. The zero-order valence-corrected chi connectivity index (χ0v) is 12.3. The van der Waals surface area contributed by atoms with Crippen molar-refractivity contribution in [1.29, 1.82) is 0 Å². The minimum atomic E-state index is 0.598. The van der Waals surface area contributed by atoms with Crippen molar-refractivity contribution in [3.63, 3.8) is 0 Å². The van der Waals surface area contributed by atoms with Crippen LogP contribution in [0.4, 0.5) is 5.13 Å². The number of methoxy groups -OCH3 is 1. The van der Waals surface area contributed by atoms with Gasteiger partial charge in [-0.25, -0.2) is 4.98 Å². The van der Waals surface area contributed by atoms with E-state index in [1.54, 1.807) is 18.4 Å². The zero-order valence-electron chi connectivity index (χ0n) is 11.5. The molecule has 1 aliphatic carbocycles. The summed E-state index contributed by atoms with van der Waals surface area (Å²) in [6.07, 6.45) is 6.60. The fourth-order valence-electron chi connectivity index (χ4n) is 2.76. The van der Waals surface area contributed by atoms with E-state index in [2.05, 4.69) is 18.3 Å². The molecule has 1 heterocycles. The Morgan fingerprint density at radius 2 is 2.05 bits per heavy atom. The SMILES string of the molecule is COc1ccc(C)c2sc(NC3CCCCC3)nc12. The largest absolute Gasteiger partial charge is 0.494 e. The van der Waals surface area contributed by atoms with Gasteiger partial charge in [0.1, 0.15) is 11.3 Å². The van der Waals surface area contributed by atoms with Gasteiger partial charge in [-0.3, -0.25) is 0 Å². The van der Waals surface area contributed by atoms with Crippen molar-refractivity contribution < 1.29 is 4.74 Å². The van der Waals surface area contributed by atoms with E-state index in [1.807, 2.05) is 6.07 Å². The molecule has 0 bridgehead atoms. The smallest absolute Gasteiger partial charge is 0.184 e. The third-order valence-corrected chi connectivity index (χ3v) is 4.98. The molecule has 1 fully saturated rings. The molecule has 0 amide bonds. The number of aromatic nitrogens is 1. The van der Waals surface area contributed by atoms with Crippen molar-refractivity contribution in [1.82, 2.24) is 4.98 Å². The summed E-state index contributed by atoms with van der Waals surface area (Å²) in [5.74, 6) is 0.869. The minimum absolute atomic E-state index is 0.598. The molecule has 19 heavy (non-hydrogen) atoms. The Morgan fingerprint density at radius 3 is 2.79 bits per heavy atom. The van der Waals surface area contributed by atoms with E-state index in [0.29, 0.717) is 6.04 Å². The number of benzene rings is 1. The van der Waals surface area contributed by atoms with Crippen LogP contribution in [-0.4, -0.2) is 18.1 Å². The van der Waals surface area contributed by atoms with E-state index in [1.165, 1.54) is 42.4 Å². The van der Waals surface area contributed by atoms with Crippen LogP contribution in [0.5, 0.6) is 5.75 Å². The van der Waals surface area contributed by atoms with Crippen molar-refractivity contribution in [2.75, 3.05) is 12.4 Å². The first-order valence-corrected chi connectivity index (χ1v) is 7.80. The number of aryl methyl sites for hydroxylation is 1. The molecule has 4 heteroatoms. The molecule has 2 aromatic rings. The molecule has 0 radical (unpaired) electrons. The Labute approximate surface area is 118 Å². The molecule has 1 aromatic carbocycles. The molecule has 1 saturated carbocycles. The average molecular weight is 276 g/mol. The number of hydrogen-bond acceptors (Lipinski definition) is 4. The third-order valence-electron chi connectivity index (χ3n) is 3.86. The van der Waals surface area contributed by atoms with E-state index >= 15 is 0 Å². The van der Waals surface area contributed by atoms with Crippen LogP contribution in [0, 0.1) is 6.92 Å². The highest BCUT2D eigenvalue weighted by molar-refractivity contribution is 7.22. The normalized spacial score (nSPS) is 16.7. The predicted molar refractivity (Wildman–Crippen MR) is 81.4 cm³/mol. The van der Waals surface area contributed by atoms with Gasteiger partial charge in [-0.2, -0.15) is 0 Å². The minimum Gasteiger partial charge on any atom is -0.494 e. The summed E-state index contributed by atoms with van der Waals surface area (Å²) in [4.78, 5) is 4.72. The molecule has 0 saturated heterocycles. The van der Waals surface area contributed by atoms with Gasteiger partial charge in [0.15, 0.2) is 5.13 Å². The lowest BCUT2D eigenvalue weighted by molar-refractivity contribution is 0.419. The molecule has 0 aliphatic heterocycles.